The van der Waals surface area contributed by atoms with E-state index in [1.165, 1.54) is 0 Å². The number of hydrogen-bond acceptors (Lipinski definition) is 3. The largest absolute Gasteiger partial charge is 0.494 e. The van der Waals surface area contributed by atoms with Crippen LogP contribution in [0.25, 0.3) is 0 Å². The molecule has 1 saturated carbocycles. The molecular weight excluding hydrogens is 220 g/mol. The van der Waals surface area contributed by atoms with Crippen LogP contribution in [0.15, 0.2) is 24.3 Å². The van der Waals surface area contributed by atoms with Gasteiger partial charge in [0.2, 0.25) is 0 Å². The average Bonchev–Trinajstić information content (AvgIpc) is 3.10. The minimum Gasteiger partial charge on any atom is -0.494 e. The van der Waals surface area contributed by atoms with E-state index >= 15 is 0 Å². The monoisotopic (exact) mass is 236 g/mol. The van der Waals surface area contributed by atoms with E-state index in [1.807, 2.05) is 31.2 Å². The molecule has 0 bridgehead atoms. The summed E-state index contributed by atoms with van der Waals surface area (Å²) in [5.74, 6) is -0.446. The third kappa shape index (κ3) is 2.13. The molecule has 1 aromatic carbocycles. The zero-order valence-corrected chi connectivity index (χ0v) is 9.72. The minimum absolute atomic E-state index is 0.567. The Balaban J connectivity index is 2.27. The first kappa shape index (κ1) is 11.9. The predicted molar refractivity (Wildman–Crippen MR) is 62.2 cm³/mol. The van der Waals surface area contributed by atoms with Crippen LogP contribution in [0.4, 0.5) is 0 Å². The van der Waals surface area contributed by atoms with Crippen LogP contribution in [-0.4, -0.2) is 28.9 Å². The third-order valence-electron chi connectivity index (χ3n) is 3.27. The molecule has 92 valence electrons. The van der Waals surface area contributed by atoms with Gasteiger partial charge in [0, 0.05) is 5.41 Å². The standard InChI is InChI=1S/C13H16O4/c1-2-17-10-5-3-4-9(8-10)13(6-7-13)11(14)12(15)16/h3-5,8,11,14H,2,6-7H2,1H3,(H,15,16). The van der Waals surface area contributed by atoms with Crippen LogP contribution in [-0.2, 0) is 10.2 Å². The van der Waals surface area contributed by atoms with Crippen LogP contribution >= 0.6 is 0 Å². The van der Waals surface area contributed by atoms with Gasteiger partial charge in [0.1, 0.15) is 5.75 Å². The highest BCUT2D eigenvalue weighted by molar-refractivity contribution is 5.75. The Morgan fingerprint density at radius 3 is 2.76 bits per heavy atom. The number of benzene rings is 1. The highest BCUT2D eigenvalue weighted by Gasteiger charge is 2.53. The maximum atomic E-state index is 10.9. The fourth-order valence-electron chi connectivity index (χ4n) is 2.15. The van der Waals surface area contributed by atoms with Gasteiger partial charge >= 0.3 is 5.97 Å². The molecule has 0 heterocycles. The highest BCUT2D eigenvalue weighted by Crippen LogP contribution is 2.51. The second kappa shape index (κ2) is 4.37. The van der Waals surface area contributed by atoms with Crippen molar-refractivity contribution in [3.63, 3.8) is 0 Å². The molecule has 0 saturated heterocycles. The first-order valence-electron chi connectivity index (χ1n) is 5.74. The smallest absolute Gasteiger partial charge is 0.333 e. The average molecular weight is 236 g/mol. The number of carboxylic acids is 1. The molecule has 2 rings (SSSR count). The summed E-state index contributed by atoms with van der Waals surface area (Å²) in [6.45, 7) is 2.46. The molecule has 0 aliphatic heterocycles. The van der Waals surface area contributed by atoms with Gasteiger partial charge in [0.05, 0.1) is 6.61 Å². The van der Waals surface area contributed by atoms with Crippen molar-refractivity contribution in [1.29, 1.82) is 0 Å². The molecule has 17 heavy (non-hydrogen) atoms. The van der Waals surface area contributed by atoms with Gasteiger partial charge < -0.3 is 14.9 Å². The van der Waals surface area contributed by atoms with Gasteiger partial charge in [-0.2, -0.15) is 0 Å². The van der Waals surface area contributed by atoms with Crippen LogP contribution in [0, 0.1) is 0 Å². The first-order chi connectivity index (χ1) is 8.10. The number of aliphatic hydroxyl groups is 1. The van der Waals surface area contributed by atoms with Gasteiger partial charge in [-0.3, -0.25) is 0 Å². The van der Waals surface area contributed by atoms with E-state index in [1.54, 1.807) is 0 Å². The number of carboxylic acid groups (broad SMARTS) is 1. The summed E-state index contributed by atoms with van der Waals surface area (Å²) in [5, 5.41) is 18.7. The molecule has 1 fully saturated rings. The number of ether oxygens (including phenoxy) is 1. The lowest BCUT2D eigenvalue weighted by Crippen LogP contribution is -2.33. The SMILES string of the molecule is CCOc1cccc(C2(C(O)C(=O)O)CC2)c1. The molecule has 0 amide bonds. The number of aliphatic carboxylic acids is 1. The lowest BCUT2D eigenvalue weighted by Gasteiger charge is -2.19. The number of aliphatic hydroxyl groups excluding tert-OH is 1. The zero-order chi connectivity index (χ0) is 12.5. The van der Waals surface area contributed by atoms with E-state index in [-0.39, 0.29) is 0 Å². The van der Waals surface area contributed by atoms with E-state index in [0.29, 0.717) is 25.2 Å². The molecule has 0 aromatic heterocycles. The zero-order valence-electron chi connectivity index (χ0n) is 9.72. The maximum Gasteiger partial charge on any atom is 0.333 e. The van der Waals surface area contributed by atoms with Gasteiger partial charge in [-0.25, -0.2) is 4.79 Å². The van der Waals surface area contributed by atoms with Gasteiger partial charge in [0.15, 0.2) is 6.10 Å². The third-order valence-corrected chi connectivity index (χ3v) is 3.27. The van der Waals surface area contributed by atoms with Crippen molar-refractivity contribution in [2.75, 3.05) is 6.61 Å². The van der Waals surface area contributed by atoms with E-state index in [4.69, 9.17) is 9.84 Å². The summed E-state index contributed by atoms with van der Waals surface area (Å²) in [7, 11) is 0. The Morgan fingerprint density at radius 2 is 2.24 bits per heavy atom. The van der Waals surface area contributed by atoms with Crippen LogP contribution in [0.1, 0.15) is 25.3 Å². The molecule has 4 nitrogen and oxygen atoms in total. The van der Waals surface area contributed by atoms with Crippen molar-refractivity contribution in [3.8, 4) is 5.75 Å². The quantitative estimate of drug-likeness (QED) is 0.814. The van der Waals surface area contributed by atoms with E-state index in [9.17, 15) is 9.90 Å². The Morgan fingerprint density at radius 1 is 1.53 bits per heavy atom. The number of rotatable bonds is 5. The van der Waals surface area contributed by atoms with Crippen LogP contribution in [0.5, 0.6) is 5.75 Å². The minimum atomic E-state index is -1.33. The Bertz CT molecular complexity index is 423. The molecule has 1 aromatic rings. The topological polar surface area (TPSA) is 66.8 Å². The van der Waals surface area contributed by atoms with Crippen LogP contribution < -0.4 is 4.74 Å². The second-order valence-corrected chi connectivity index (χ2v) is 4.36. The molecule has 4 heteroatoms. The Hall–Kier alpha value is -1.55. The molecule has 0 spiro atoms. The first-order valence-corrected chi connectivity index (χ1v) is 5.74. The predicted octanol–water partition coefficient (Wildman–Crippen LogP) is 1.56. The summed E-state index contributed by atoms with van der Waals surface area (Å²) in [6, 6.07) is 7.33. The van der Waals surface area contributed by atoms with Gasteiger partial charge in [-0.15, -0.1) is 0 Å². The summed E-state index contributed by atoms with van der Waals surface area (Å²) in [5.41, 5.74) is 0.234. The van der Waals surface area contributed by atoms with Crippen molar-refractivity contribution in [2.45, 2.75) is 31.3 Å². The van der Waals surface area contributed by atoms with Gasteiger partial charge in [-0.05, 0) is 37.5 Å². The summed E-state index contributed by atoms with van der Waals surface area (Å²) in [4.78, 5) is 10.9. The molecule has 1 aliphatic carbocycles. The molecule has 1 aliphatic rings. The van der Waals surface area contributed by atoms with Crippen molar-refractivity contribution in [1.82, 2.24) is 0 Å². The number of hydrogen-bond donors (Lipinski definition) is 2. The highest BCUT2D eigenvalue weighted by atomic mass is 16.5. The van der Waals surface area contributed by atoms with Crippen LogP contribution in [0.2, 0.25) is 0 Å². The second-order valence-electron chi connectivity index (χ2n) is 4.36. The lowest BCUT2D eigenvalue weighted by atomic mass is 9.90. The fraction of sp³-hybridized carbons (Fsp3) is 0.462. The van der Waals surface area contributed by atoms with E-state index in [0.717, 1.165) is 5.56 Å². The normalized spacial score (nSPS) is 18.5. The Labute approximate surface area is 99.8 Å². The number of carbonyl (C=O) groups is 1. The fourth-order valence-corrected chi connectivity index (χ4v) is 2.15. The lowest BCUT2D eigenvalue weighted by molar-refractivity contribution is -0.148. The van der Waals surface area contributed by atoms with Gasteiger partial charge in [0.25, 0.3) is 0 Å². The molecule has 0 radical (unpaired) electrons. The molecule has 1 atom stereocenters. The summed E-state index contributed by atoms with van der Waals surface area (Å²) in [6.07, 6.45) is 0.0749. The van der Waals surface area contributed by atoms with E-state index in [2.05, 4.69) is 0 Å². The van der Waals surface area contributed by atoms with E-state index < -0.39 is 17.5 Å². The van der Waals surface area contributed by atoms with Crippen molar-refractivity contribution < 1.29 is 19.7 Å². The molecular formula is C13H16O4. The van der Waals surface area contributed by atoms with Crippen LogP contribution in [0.3, 0.4) is 0 Å². The van der Waals surface area contributed by atoms with Crippen molar-refractivity contribution in [2.24, 2.45) is 0 Å². The molecule has 2 N–H and O–H groups in total. The van der Waals surface area contributed by atoms with Gasteiger partial charge in [-0.1, -0.05) is 12.1 Å². The van der Waals surface area contributed by atoms with Crippen molar-refractivity contribution >= 4 is 5.97 Å². The Kier molecular flexibility index (Phi) is 3.07. The summed E-state index contributed by atoms with van der Waals surface area (Å²) >= 11 is 0. The maximum absolute atomic E-state index is 10.9. The van der Waals surface area contributed by atoms with Crippen molar-refractivity contribution in [3.05, 3.63) is 29.8 Å². The molecule has 1 unspecified atom stereocenters. The summed E-state index contributed by atoms with van der Waals surface area (Å²) < 4.78 is 5.38.